The first-order valence-corrected chi connectivity index (χ1v) is 6.10. The van der Waals surface area contributed by atoms with Gasteiger partial charge < -0.3 is 0 Å². The highest BCUT2D eigenvalue weighted by molar-refractivity contribution is 8.00. The third-order valence-electron chi connectivity index (χ3n) is 1.62. The lowest BCUT2D eigenvalue weighted by atomic mass is 10.2. The van der Waals surface area contributed by atoms with E-state index in [1.165, 1.54) is 11.8 Å². The lowest BCUT2D eigenvalue weighted by molar-refractivity contribution is -0.131. The van der Waals surface area contributed by atoms with Gasteiger partial charge in [0.1, 0.15) is 0 Å². The third kappa shape index (κ3) is 5.72. The zero-order valence-corrected chi connectivity index (χ0v) is 10.3. The SMILES string of the molecule is CC(C)CONC(=O)CSc1ccncc1. The molecule has 0 aliphatic rings. The van der Waals surface area contributed by atoms with E-state index in [2.05, 4.69) is 10.5 Å². The summed E-state index contributed by atoms with van der Waals surface area (Å²) in [5, 5.41) is 0. The monoisotopic (exact) mass is 240 g/mol. The number of nitrogens with one attached hydrogen (secondary N) is 1. The van der Waals surface area contributed by atoms with E-state index in [1.807, 2.05) is 26.0 Å². The summed E-state index contributed by atoms with van der Waals surface area (Å²) in [4.78, 5) is 21.3. The summed E-state index contributed by atoms with van der Waals surface area (Å²) in [6.45, 7) is 4.58. The van der Waals surface area contributed by atoms with Crippen LogP contribution >= 0.6 is 11.8 Å². The van der Waals surface area contributed by atoms with Crippen LogP contribution in [0.25, 0.3) is 0 Å². The lowest BCUT2D eigenvalue weighted by Crippen LogP contribution is -2.27. The fourth-order valence-electron chi connectivity index (χ4n) is 0.902. The van der Waals surface area contributed by atoms with Crippen molar-refractivity contribution in [2.75, 3.05) is 12.4 Å². The van der Waals surface area contributed by atoms with Crippen molar-refractivity contribution in [1.82, 2.24) is 10.5 Å². The smallest absolute Gasteiger partial charge is 0.253 e. The Kier molecular flexibility index (Phi) is 5.88. The van der Waals surface area contributed by atoms with E-state index in [0.29, 0.717) is 18.3 Å². The molecule has 0 atom stereocenters. The van der Waals surface area contributed by atoms with Gasteiger partial charge in [0.2, 0.25) is 0 Å². The molecule has 5 heteroatoms. The maximum absolute atomic E-state index is 11.3. The van der Waals surface area contributed by atoms with Crippen LogP contribution in [0.2, 0.25) is 0 Å². The molecule has 1 aromatic heterocycles. The highest BCUT2D eigenvalue weighted by Crippen LogP contribution is 2.15. The van der Waals surface area contributed by atoms with Crippen molar-refractivity contribution < 1.29 is 9.63 Å². The number of aromatic nitrogens is 1. The van der Waals surface area contributed by atoms with Gasteiger partial charge in [0.15, 0.2) is 0 Å². The summed E-state index contributed by atoms with van der Waals surface area (Å²) < 4.78 is 0. The third-order valence-corrected chi connectivity index (χ3v) is 2.63. The molecule has 0 spiro atoms. The van der Waals surface area contributed by atoms with Gasteiger partial charge in [-0.15, -0.1) is 11.8 Å². The van der Waals surface area contributed by atoms with Gasteiger partial charge in [-0.05, 0) is 18.1 Å². The highest BCUT2D eigenvalue weighted by atomic mass is 32.2. The van der Waals surface area contributed by atoms with Crippen LogP contribution < -0.4 is 5.48 Å². The van der Waals surface area contributed by atoms with Crippen molar-refractivity contribution >= 4 is 17.7 Å². The average molecular weight is 240 g/mol. The molecule has 1 amide bonds. The number of hydrogen-bond acceptors (Lipinski definition) is 4. The minimum Gasteiger partial charge on any atom is -0.273 e. The van der Waals surface area contributed by atoms with Crippen molar-refractivity contribution in [2.45, 2.75) is 18.7 Å². The van der Waals surface area contributed by atoms with Gasteiger partial charge in [-0.3, -0.25) is 14.6 Å². The number of pyridine rings is 1. The fraction of sp³-hybridized carbons (Fsp3) is 0.455. The van der Waals surface area contributed by atoms with Crippen LogP contribution in [0.3, 0.4) is 0 Å². The largest absolute Gasteiger partial charge is 0.273 e. The average Bonchev–Trinajstić information content (AvgIpc) is 2.27. The number of carbonyl (C=O) groups is 1. The Morgan fingerprint density at radius 3 is 2.81 bits per heavy atom. The Hall–Kier alpha value is -1.07. The molecule has 0 fully saturated rings. The van der Waals surface area contributed by atoms with Crippen LogP contribution in [-0.4, -0.2) is 23.3 Å². The lowest BCUT2D eigenvalue weighted by Gasteiger charge is -2.07. The second kappa shape index (κ2) is 7.24. The van der Waals surface area contributed by atoms with Crippen LogP contribution in [0.5, 0.6) is 0 Å². The molecule has 88 valence electrons. The van der Waals surface area contributed by atoms with E-state index in [0.717, 1.165) is 4.90 Å². The summed E-state index contributed by atoms with van der Waals surface area (Å²) in [6, 6.07) is 3.74. The van der Waals surface area contributed by atoms with Crippen molar-refractivity contribution in [3.8, 4) is 0 Å². The summed E-state index contributed by atoms with van der Waals surface area (Å²) in [5.41, 5.74) is 2.41. The molecule has 0 radical (unpaired) electrons. The maximum Gasteiger partial charge on any atom is 0.253 e. The van der Waals surface area contributed by atoms with Crippen LogP contribution in [0.1, 0.15) is 13.8 Å². The molecule has 0 unspecified atom stereocenters. The van der Waals surface area contributed by atoms with E-state index >= 15 is 0 Å². The van der Waals surface area contributed by atoms with Crippen LogP contribution in [0.15, 0.2) is 29.4 Å². The van der Waals surface area contributed by atoms with Crippen LogP contribution in [0.4, 0.5) is 0 Å². The number of hydrogen-bond donors (Lipinski definition) is 1. The van der Waals surface area contributed by atoms with Gasteiger partial charge in [0, 0.05) is 17.3 Å². The standard InChI is InChI=1S/C11H16N2O2S/c1-9(2)7-15-13-11(14)8-16-10-3-5-12-6-4-10/h3-6,9H,7-8H2,1-2H3,(H,13,14). The zero-order chi connectivity index (χ0) is 11.8. The number of hydroxylamine groups is 1. The summed E-state index contributed by atoms with van der Waals surface area (Å²) in [5.74, 6) is 0.637. The zero-order valence-electron chi connectivity index (χ0n) is 9.47. The Morgan fingerprint density at radius 2 is 2.19 bits per heavy atom. The van der Waals surface area contributed by atoms with Crippen LogP contribution in [-0.2, 0) is 9.63 Å². The Bertz CT molecular complexity index is 317. The number of rotatable bonds is 6. The Morgan fingerprint density at radius 1 is 1.50 bits per heavy atom. The molecule has 1 heterocycles. The number of carbonyl (C=O) groups excluding carboxylic acids is 1. The first-order valence-electron chi connectivity index (χ1n) is 5.12. The van der Waals surface area contributed by atoms with Crippen molar-refractivity contribution in [2.24, 2.45) is 5.92 Å². The quantitative estimate of drug-likeness (QED) is 0.609. The molecule has 1 N–H and O–H groups in total. The molecule has 16 heavy (non-hydrogen) atoms. The first kappa shape index (κ1) is 13.0. The van der Waals surface area contributed by atoms with E-state index in [-0.39, 0.29) is 5.91 Å². The molecule has 0 aliphatic carbocycles. The minimum absolute atomic E-state index is 0.123. The van der Waals surface area contributed by atoms with E-state index in [1.54, 1.807) is 12.4 Å². The van der Waals surface area contributed by atoms with Gasteiger partial charge in [0.25, 0.3) is 5.91 Å². The second-order valence-electron chi connectivity index (χ2n) is 3.70. The van der Waals surface area contributed by atoms with Gasteiger partial charge in [-0.1, -0.05) is 13.8 Å². The molecule has 1 rings (SSSR count). The van der Waals surface area contributed by atoms with Crippen LogP contribution in [0, 0.1) is 5.92 Å². The molecular formula is C11H16N2O2S. The summed E-state index contributed by atoms with van der Waals surface area (Å²) >= 11 is 1.46. The predicted octanol–water partition coefficient (Wildman–Crippen LogP) is 1.88. The van der Waals surface area contributed by atoms with Crippen molar-refractivity contribution in [3.05, 3.63) is 24.5 Å². The normalized spacial score (nSPS) is 10.4. The van der Waals surface area contributed by atoms with Gasteiger partial charge in [-0.25, -0.2) is 5.48 Å². The van der Waals surface area contributed by atoms with Gasteiger partial charge in [-0.2, -0.15) is 0 Å². The topological polar surface area (TPSA) is 51.2 Å². The number of nitrogens with zero attached hydrogens (tertiary/aromatic N) is 1. The van der Waals surface area contributed by atoms with E-state index in [4.69, 9.17) is 4.84 Å². The fourth-order valence-corrected chi connectivity index (χ4v) is 1.57. The minimum atomic E-state index is -0.123. The molecule has 1 aromatic rings. The Labute approximate surface area is 99.7 Å². The molecular weight excluding hydrogens is 224 g/mol. The number of amides is 1. The predicted molar refractivity (Wildman–Crippen MR) is 63.9 cm³/mol. The molecule has 0 saturated carbocycles. The first-order chi connectivity index (χ1) is 7.68. The molecule has 0 aliphatic heterocycles. The summed E-state index contributed by atoms with van der Waals surface area (Å²) in [7, 11) is 0. The Balaban J connectivity index is 2.16. The molecule has 0 aromatic carbocycles. The molecule has 4 nitrogen and oxygen atoms in total. The van der Waals surface area contributed by atoms with Crippen molar-refractivity contribution in [1.29, 1.82) is 0 Å². The van der Waals surface area contributed by atoms with Gasteiger partial charge >= 0.3 is 0 Å². The van der Waals surface area contributed by atoms with Gasteiger partial charge in [0.05, 0.1) is 12.4 Å². The van der Waals surface area contributed by atoms with E-state index < -0.39 is 0 Å². The second-order valence-corrected chi connectivity index (χ2v) is 4.75. The van der Waals surface area contributed by atoms with Crippen molar-refractivity contribution in [3.63, 3.8) is 0 Å². The molecule has 0 bridgehead atoms. The highest BCUT2D eigenvalue weighted by Gasteiger charge is 2.03. The summed E-state index contributed by atoms with van der Waals surface area (Å²) in [6.07, 6.45) is 3.41. The number of thioether (sulfide) groups is 1. The maximum atomic E-state index is 11.3. The van der Waals surface area contributed by atoms with E-state index in [9.17, 15) is 4.79 Å². The molecule has 0 saturated heterocycles.